The van der Waals surface area contributed by atoms with Crippen molar-refractivity contribution < 1.29 is 14.3 Å². The summed E-state index contributed by atoms with van der Waals surface area (Å²) in [5.41, 5.74) is 1.94. The van der Waals surface area contributed by atoms with Crippen LogP contribution in [-0.2, 0) is 15.9 Å². The van der Waals surface area contributed by atoms with Gasteiger partial charge in [-0.3, -0.25) is 4.79 Å². The van der Waals surface area contributed by atoms with E-state index in [0.29, 0.717) is 31.0 Å². The first kappa shape index (κ1) is 21.5. The maximum atomic E-state index is 13.1. The van der Waals surface area contributed by atoms with E-state index in [1.165, 1.54) is 6.07 Å². The smallest absolute Gasteiger partial charge is 0.322 e. The van der Waals surface area contributed by atoms with Gasteiger partial charge in [-0.1, -0.05) is 19.1 Å². The summed E-state index contributed by atoms with van der Waals surface area (Å²) in [4.78, 5) is 34.1. The van der Waals surface area contributed by atoms with Crippen LogP contribution in [0.1, 0.15) is 38.3 Å². The number of carbonyl (C=O) groups excluding carboxylic acids is 1. The largest absolute Gasteiger partial charge is 0.376 e. The number of nitrogens with zero attached hydrogens (tertiary/aromatic N) is 2. The Hall–Kier alpha value is -2.71. The molecule has 1 aromatic carbocycles. The van der Waals surface area contributed by atoms with Gasteiger partial charge < -0.3 is 24.7 Å². The van der Waals surface area contributed by atoms with Gasteiger partial charge in [0.25, 0.3) is 5.56 Å². The van der Waals surface area contributed by atoms with E-state index in [-0.39, 0.29) is 23.8 Å². The van der Waals surface area contributed by atoms with Gasteiger partial charge >= 0.3 is 6.03 Å². The molecule has 0 saturated carbocycles. The number of aromatic nitrogens is 2. The fraction of sp³-hybridized carbons (Fsp3) is 0.522. The molecule has 2 N–H and O–H groups in total. The second-order valence-corrected chi connectivity index (χ2v) is 8.12. The van der Waals surface area contributed by atoms with Gasteiger partial charge in [-0.2, -0.15) is 0 Å². The number of anilines is 1. The minimum absolute atomic E-state index is 0.0737. The molecule has 2 amide bonds. The summed E-state index contributed by atoms with van der Waals surface area (Å²) in [6.45, 7) is 4.57. The van der Waals surface area contributed by atoms with E-state index in [0.717, 1.165) is 50.2 Å². The number of rotatable bonds is 7. The van der Waals surface area contributed by atoms with Gasteiger partial charge in [0.1, 0.15) is 5.82 Å². The predicted octanol–water partition coefficient (Wildman–Crippen LogP) is 3.19. The Morgan fingerprint density at radius 3 is 2.48 bits per heavy atom. The second-order valence-electron chi connectivity index (χ2n) is 8.12. The molecule has 8 nitrogen and oxygen atoms in total. The van der Waals surface area contributed by atoms with Gasteiger partial charge in [-0.25, -0.2) is 9.78 Å². The van der Waals surface area contributed by atoms with Gasteiger partial charge in [0.05, 0.1) is 12.2 Å². The van der Waals surface area contributed by atoms with E-state index in [1.54, 1.807) is 4.90 Å². The Morgan fingerprint density at radius 2 is 1.87 bits per heavy atom. The molecule has 0 unspecified atom stereocenters. The van der Waals surface area contributed by atoms with E-state index < -0.39 is 0 Å². The van der Waals surface area contributed by atoms with Crippen molar-refractivity contribution in [2.45, 2.75) is 51.2 Å². The zero-order valence-corrected chi connectivity index (χ0v) is 17.9. The average Bonchev–Trinajstić information content (AvgIpc) is 3.47. The number of H-pyrrole nitrogens is 1. The molecule has 2 atom stereocenters. The molecule has 31 heavy (non-hydrogen) atoms. The summed E-state index contributed by atoms with van der Waals surface area (Å²) in [5, 5.41) is 3.00. The highest BCUT2D eigenvalue weighted by Gasteiger charge is 2.27. The fourth-order valence-corrected chi connectivity index (χ4v) is 4.08. The van der Waals surface area contributed by atoms with Crippen LogP contribution in [0.15, 0.2) is 35.1 Å². The SMILES string of the molecule is CCc1cc(=O)[nH]c(-c2cccc(NC(=O)N(C[C@@H]3CCCO3)C[C@@H]3CCCO3)c2)n1. The third-order valence-corrected chi connectivity index (χ3v) is 5.73. The van der Waals surface area contributed by atoms with Crippen molar-refractivity contribution in [2.24, 2.45) is 0 Å². The standard InChI is InChI=1S/C23H30N4O4/c1-2-17-13-21(28)26-22(24-17)16-6-3-7-18(12-16)25-23(29)27(14-19-8-4-10-30-19)15-20-9-5-11-31-20/h3,6-7,12-13,19-20H,2,4-5,8-11,14-15H2,1H3,(H,25,29)(H,24,26,28)/t19-,20-/m0/s1. The number of aryl methyl sites for hydroxylation is 1. The molecule has 2 aliphatic heterocycles. The third-order valence-electron chi connectivity index (χ3n) is 5.73. The summed E-state index contributed by atoms with van der Waals surface area (Å²) >= 11 is 0. The molecule has 166 valence electrons. The van der Waals surface area contributed by atoms with Gasteiger partial charge in [0, 0.05) is 49.3 Å². The Morgan fingerprint density at radius 1 is 1.16 bits per heavy atom. The topological polar surface area (TPSA) is 96.6 Å². The highest BCUT2D eigenvalue weighted by atomic mass is 16.5. The first-order valence-corrected chi connectivity index (χ1v) is 11.1. The molecule has 2 saturated heterocycles. The van der Waals surface area contributed by atoms with Crippen LogP contribution in [0.2, 0.25) is 0 Å². The lowest BCUT2D eigenvalue weighted by Crippen LogP contribution is -2.44. The van der Waals surface area contributed by atoms with Gasteiger partial charge in [-0.15, -0.1) is 0 Å². The molecule has 2 aromatic rings. The lowest BCUT2D eigenvalue weighted by molar-refractivity contribution is 0.0524. The molecule has 0 spiro atoms. The number of aromatic amines is 1. The minimum Gasteiger partial charge on any atom is -0.376 e. The van der Waals surface area contributed by atoms with Crippen LogP contribution in [0.25, 0.3) is 11.4 Å². The molecule has 2 aliphatic rings. The Bertz CT molecular complexity index is 931. The Balaban J connectivity index is 1.49. The molecule has 2 fully saturated rings. The molecule has 0 radical (unpaired) electrons. The van der Waals surface area contributed by atoms with Crippen molar-refractivity contribution in [3.8, 4) is 11.4 Å². The van der Waals surface area contributed by atoms with Gasteiger partial charge in [-0.05, 0) is 44.2 Å². The van der Waals surface area contributed by atoms with Crippen LogP contribution >= 0.6 is 0 Å². The number of carbonyl (C=O) groups is 1. The number of hydrogen-bond acceptors (Lipinski definition) is 5. The van der Waals surface area contributed by atoms with Crippen molar-refractivity contribution in [3.05, 3.63) is 46.4 Å². The van der Waals surface area contributed by atoms with Crippen LogP contribution < -0.4 is 10.9 Å². The van der Waals surface area contributed by atoms with E-state index in [2.05, 4.69) is 15.3 Å². The van der Waals surface area contributed by atoms with Crippen LogP contribution in [0.4, 0.5) is 10.5 Å². The number of benzene rings is 1. The first-order chi connectivity index (χ1) is 15.1. The number of hydrogen-bond donors (Lipinski definition) is 2. The van der Waals surface area contributed by atoms with Crippen molar-refractivity contribution in [2.75, 3.05) is 31.6 Å². The number of nitrogens with one attached hydrogen (secondary N) is 2. The quantitative estimate of drug-likeness (QED) is 0.709. The molecule has 1 aromatic heterocycles. The average molecular weight is 427 g/mol. The number of ether oxygens (including phenoxy) is 2. The molecule has 8 heteroatoms. The summed E-state index contributed by atoms with van der Waals surface area (Å²) in [7, 11) is 0. The maximum Gasteiger partial charge on any atom is 0.322 e. The number of urea groups is 1. The molecule has 0 bridgehead atoms. The van der Waals surface area contributed by atoms with Crippen molar-refractivity contribution in [3.63, 3.8) is 0 Å². The third kappa shape index (κ3) is 5.71. The van der Waals surface area contributed by atoms with Gasteiger partial charge in [0.2, 0.25) is 0 Å². The maximum absolute atomic E-state index is 13.1. The highest BCUT2D eigenvalue weighted by molar-refractivity contribution is 5.90. The molecular formula is C23H30N4O4. The fourth-order valence-electron chi connectivity index (χ4n) is 4.08. The second kappa shape index (κ2) is 10.1. The van der Waals surface area contributed by atoms with Crippen LogP contribution in [0.5, 0.6) is 0 Å². The highest BCUT2D eigenvalue weighted by Crippen LogP contribution is 2.21. The lowest BCUT2D eigenvalue weighted by Gasteiger charge is -2.28. The molecule has 4 rings (SSSR count). The lowest BCUT2D eigenvalue weighted by atomic mass is 10.1. The predicted molar refractivity (Wildman–Crippen MR) is 118 cm³/mol. The van der Waals surface area contributed by atoms with E-state index >= 15 is 0 Å². The van der Waals surface area contributed by atoms with Crippen LogP contribution in [0.3, 0.4) is 0 Å². The zero-order chi connectivity index (χ0) is 21.6. The Labute approximate surface area is 182 Å². The van der Waals surface area contributed by atoms with E-state index in [4.69, 9.17) is 9.47 Å². The Kier molecular flexibility index (Phi) is 6.99. The molecule has 0 aliphatic carbocycles. The molecular weight excluding hydrogens is 396 g/mol. The van der Waals surface area contributed by atoms with Crippen LogP contribution in [0, 0.1) is 0 Å². The summed E-state index contributed by atoms with van der Waals surface area (Å²) in [6.07, 6.45) is 4.83. The van der Waals surface area contributed by atoms with Crippen molar-refractivity contribution >= 4 is 11.7 Å². The molecule has 3 heterocycles. The monoisotopic (exact) mass is 426 g/mol. The normalized spacial score (nSPS) is 20.7. The van der Waals surface area contributed by atoms with Gasteiger partial charge in [0.15, 0.2) is 0 Å². The first-order valence-electron chi connectivity index (χ1n) is 11.1. The summed E-state index contributed by atoms with van der Waals surface area (Å²) in [5.74, 6) is 0.496. The summed E-state index contributed by atoms with van der Waals surface area (Å²) < 4.78 is 11.5. The summed E-state index contributed by atoms with van der Waals surface area (Å²) in [6, 6.07) is 8.69. The van der Waals surface area contributed by atoms with E-state index in [1.807, 2.05) is 31.2 Å². The van der Waals surface area contributed by atoms with Crippen molar-refractivity contribution in [1.82, 2.24) is 14.9 Å². The van der Waals surface area contributed by atoms with E-state index in [9.17, 15) is 9.59 Å². The van der Waals surface area contributed by atoms with Crippen molar-refractivity contribution in [1.29, 1.82) is 0 Å². The minimum atomic E-state index is -0.185. The zero-order valence-electron chi connectivity index (χ0n) is 17.9. The number of amides is 2. The van der Waals surface area contributed by atoms with Crippen LogP contribution in [-0.4, -0.2) is 59.4 Å².